The Morgan fingerprint density at radius 1 is 0.426 bits per heavy atom. The predicted molar refractivity (Wildman–Crippen MR) is 192 cm³/mol. The molecule has 0 saturated heterocycles. The van der Waals surface area contributed by atoms with Crippen molar-refractivity contribution in [3.8, 4) is 56.4 Å². The summed E-state index contributed by atoms with van der Waals surface area (Å²) in [5.74, 6) is -0.829. The first-order valence-electron chi connectivity index (χ1n) is 22.0. The molecule has 0 fully saturated rings. The molecule has 7 aromatic carbocycles. The average molecular weight is 617 g/mol. The van der Waals surface area contributed by atoms with Crippen LogP contribution in [0, 0.1) is 0 Å². The molecule has 4 nitrogen and oxygen atoms in total. The maximum absolute atomic E-state index is 9.60. The van der Waals surface area contributed by atoms with Crippen LogP contribution in [0.5, 0.6) is 0 Å². The van der Waals surface area contributed by atoms with Gasteiger partial charge in [0, 0.05) is 27.5 Å². The highest BCUT2D eigenvalue weighted by molar-refractivity contribution is 6.12. The number of rotatable bonds is 5. The molecule has 2 aromatic heterocycles. The second-order valence-corrected chi connectivity index (χ2v) is 10.4. The molecule has 47 heavy (non-hydrogen) atoms. The van der Waals surface area contributed by atoms with Crippen molar-refractivity contribution in [2.24, 2.45) is 0 Å². The number of fused-ring (bicyclic) bond motifs is 4. The van der Waals surface area contributed by atoms with Gasteiger partial charge in [-0.2, -0.15) is 0 Å². The van der Waals surface area contributed by atoms with E-state index >= 15 is 0 Å². The Morgan fingerprint density at radius 2 is 1.15 bits per heavy atom. The fourth-order valence-corrected chi connectivity index (χ4v) is 5.46. The lowest BCUT2D eigenvalue weighted by Gasteiger charge is -2.12. The van der Waals surface area contributed by atoms with Gasteiger partial charge < -0.3 is 4.42 Å². The molecule has 0 N–H and O–H groups in total. The minimum absolute atomic E-state index is 0.0219. The maximum atomic E-state index is 9.60. The smallest absolute Gasteiger partial charge is 0.164 e. The van der Waals surface area contributed by atoms with Gasteiger partial charge in [-0.25, -0.2) is 15.0 Å². The summed E-state index contributed by atoms with van der Waals surface area (Å²) in [6, 6.07) is 10.8. The second kappa shape index (κ2) is 11.2. The van der Waals surface area contributed by atoms with Crippen LogP contribution < -0.4 is 0 Å². The summed E-state index contributed by atoms with van der Waals surface area (Å²) >= 11 is 0. The van der Waals surface area contributed by atoms with Crippen LogP contribution in [0.4, 0.5) is 0 Å². The van der Waals surface area contributed by atoms with E-state index in [4.69, 9.17) is 20.9 Å². The molecular weight excluding hydrogens is 574 g/mol. The van der Waals surface area contributed by atoms with Crippen molar-refractivity contribution >= 4 is 32.7 Å². The first-order chi connectivity index (χ1) is 29.5. The van der Waals surface area contributed by atoms with Gasteiger partial charge in [0.1, 0.15) is 11.2 Å². The van der Waals surface area contributed by atoms with Gasteiger partial charge in [0.25, 0.3) is 0 Å². The number of nitrogens with zero attached hydrogens (tertiary/aromatic N) is 3. The van der Waals surface area contributed by atoms with Crippen molar-refractivity contribution in [2.45, 2.75) is 0 Å². The molecule has 0 saturated carbocycles. The number of benzene rings is 7. The van der Waals surface area contributed by atoms with Crippen LogP contribution >= 0.6 is 0 Å². The third-order valence-corrected chi connectivity index (χ3v) is 7.60. The van der Waals surface area contributed by atoms with Crippen LogP contribution in [0.25, 0.3) is 89.1 Å². The summed E-state index contributed by atoms with van der Waals surface area (Å²) in [7, 11) is 0. The van der Waals surface area contributed by atoms with Gasteiger partial charge in [-0.05, 0) is 57.2 Å². The molecule has 0 aliphatic heterocycles. The number of hydrogen-bond donors (Lipinski definition) is 0. The highest BCUT2D eigenvalue weighted by Crippen LogP contribution is 2.38. The van der Waals surface area contributed by atoms with Gasteiger partial charge >= 0.3 is 0 Å². The minimum Gasteiger partial charge on any atom is -0.456 e. The van der Waals surface area contributed by atoms with Crippen LogP contribution in [0.2, 0.25) is 0 Å². The molecule has 9 rings (SSSR count). The number of para-hydroxylation sites is 1. The molecule has 220 valence electrons. The Kier molecular flexibility index (Phi) is 3.75. The Morgan fingerprint density at radius 3 is 2.04 bits per heavy atom. The first kappa shape index (κ1) is 15.7. The van der Waals surface area contributed by atoms with Gasteiger partial charge in [-0.3, -0.25) is 0 Å². The Balaban J connectivity index is 1.38. The first-order valence-corrected chi connectivity index (χ1v) is 14.5. The summed E-state index contributed by atoms with van der Waals surface area (Å²) in [6.45, 7) is 0. The number of furan rings is 1. The Hall–Kier alpha value is -6.39. The third kappa shape index (κ3) is 4.84. The lowest BCUT2D eigenvalue weighted by atomic mass is 9.97. The summed E-state index contributed by atoms with van der Waals surface area (Å²) in [4.78, 5) is 13.9. The van der Waals surface area contributed by atoms with Gasteiger partial charge in [-0.15, -0.1) is 0 Å². The molecule has 0 bridgehead atoms. The highest BCUT2D eigenvalue weighted by Gasteiger charge is 2.17. The fraction of sp³-hybridized carbons (Fsp3) is 0. The Bertz CT molecular complexity index is 3400. The maximum Gasteiger partial charge on any atom is 0.164 e. The molecule has 0 atom stereocenters. The van der Waals surface area contributed by atoms with Crippen LogP contribution in [0.1, 0.15) is 20.6 Å². The second-order valence-electron chi connectivity index (χ2n) is 10.4. The molecule has 0 radical (unpaired) electrons. The molecule has 0 unspecified atom stereocenters. The quantitative estimate of drug-likeness (QED) is 0.193. The summed E-state index contributed by atoms with van der Waals surface area (Å²) in [6.07, 6.45) is 0. The average Bonchev–Trinajstić information content (AvgIpc) is 3.66. The monoisotopic (exact) mass is 616 g/mol. The van der Waals surface area contributed by atoms with Crippen LogP contribution in [-0.2, 0) is 0 Å². The van der Waals surface area contributed by atoms with Crippen molar-refractivity contribution in [2.75, 3.05) is 0 Å². The van der Waals surface area contributed by atoms with Crippen LogP contribution in [0.15, 0.2) is 168 Å². The molecule has 0 spiro atoms. The summed E-state index contributed by atoms with van der Waals surface area (Å²) in [5, 5.41) is 0.416. The predicted octanol–water partition coefficient (Wildman–Crippen LogP) is 11.3. The molecule has 0 amide bonds. The third-order valence-electron chi connectivity index (χ3n) is 7.60. The van der Waals surface area contributed by atoms with E-state index in [0.717, 1.165) is 0 Å². The van der Waals surface area contributed by atoms with E-state index in [0.29, 0.717) is 33.1 Å². The van der Waals surface area contributed by atoms with E-state index in [2.05, 4.69) is 15.0 Å². The largest absolute Gasteiger partial charge is 0.456 e. The molecular formula is C43H27N3O. The van der Waals surface area contributed by atoms with Gasteiger partial charge in [0.2, 0.25) is 0 Å². The van der Waals surface area contributed by atoms with Crippen molar-refractivity contribution in [3.63, 3.8) is 0 Å². The number of aromatic nitrogens is 3. The summed E-state index contributed by atoms with van der Waals surface area (Å²) < 4.78 is 139. The van der Waals surface area contributed by atoms with Crippen molar-refractivity contribution in [3.05, 3.63) is 163 Å². The van der Waals surface area contributed by atoms with E-state index in [1.54, 1.807) is 60.7 Å². The molecule has 9 aromatic rings. The van der Waals surface area contributed by atoms with Crippen LogP contribution in [-0.4, -0.2) is 15.0 Å². The van der Waals surface area contributed by atoms with Gasteiger partial charge in [0.15, 0.2) is 17.5 Å². The SMILES string of the molecule is [2H]c1c([2H])c([2H])c(-c2c([2H])c([2H])c3c(-c4nc(-c5ccccc5)nc(-c5c([2H])c([2H])c([2H])c(-c6cccc7oc8ccccc8c67)c5[2H])n4)c([2H])c([2H])c([2H])c3c2[2H])c([2H])c1[2H]. The van der Waals surface area contributed by atoms with Gasteiger partial charge in [-0.1, -0.05) is 139 Å². The Labute approximate surface area is 292 Å². The lowest BCUT2D eigenvalue weighted by Crippen LogP contribution is -2.00. The standard InChI is InChI=1S/C43H27N3O/c1-3-12-28(13-4-1)30-24-25-34-31(26-30)17-10-21-36(34)43-45-41(29-14-5-2-6-15-29)44-42(46-43)33-18-9-16-32(27-33)35-20-11-23-39-40(35)37-19-7-8-22-38(37)47-39/h1-27H/i1D,3D,4D,9D,10D,12D,13D,16D,17D,18D,21D,24D,25D,26D,27D. The highest BCUT2D eigenvalue weighted by atomic mass is 16.3. The number of hydrogen-bond acceptors (Lipinski definition) is 4. The van der Waals surface area contributed by atoms with Crippen LogP contribution in [0.3, 0.4) is 0 Å². The van der Waals surface area contributed by atoms with E-state index in [1.807, 2.05) is 12.1 Å². The zero-order valence-electron chi connectivity index (χ0n) is 39.2. The summed E-state index contributed by atoms with van der Waals surface area (Å²) in [5.41, 5.74) is -0.0293. The minimum atomic E-state index is -0.770. The van der Waals surface area contributed by atoms with E-state index in [1.165, 1.54) is 0 Å². The molecule has 0 aliphatic rings. The molecule has 2 heterocycles. The normalized spacial score (nSPS) is 15.9. The zero-order chi connectivity index (χ0) is 44.2. The van der Waals surface area contributed by atoms with Crippen molar-refractivity contribution < 1.29 is 25.0 Å². The molecule has 4 heteroatoms. The van der Waals surface area contributed by atoms with E-state index in [9.17, 15) is 4.11 Å². The van der Waals surface area contributed by atoms with E-state index in [-0.39, 0.29) is 22.8 Å². The lowest BCUT2D eigenvalue weighted by molar-refractivity contribution is 0.669. The van der Waals surface area contributed by atoms with Gasteiger partial charge in [0.05, 0.1) is 20.6 Å². The fourth-order valence-electron chi connectivity index (χ4n) is 5.46. The van der Waals surface area contributed by atoms with Crippen molar-refractivity contribution in [1.29, 1.82) is 0 Å². The van der Waals surface area contributed by atoms with E-state index < -0.39 is 124 Å². The zero-order valence-corrected chi connectivity index (χ0v) is 24.2. The molecule has 0 aliphatic carbocycles. The topological polar surface area (TPSA) is 51.8 Å². The van der Waals surface area contributed by atoms with Crippen molar-refractivity contribution in [1.82, 2.24) is 15.0 Å².